The molecule has 0 atom stereocenters. The van der Waals surface area contributed by atoms with Crippen molar-refractivity contribution in [2.24, 2.45) is 10.8 Å². The molecule has 1 aliphatic heterocycles. The number of aryl methyl sites for hydroxylation is 1. The van der Waals surface area contributed by atoms with Crippen LogP contribution in [0.3, 0.4) is 0 Å². The number of hydrogen-bond acceptors (Lipinski definition) is 6. The molecule has 50 heavy (non-hydrogen) atoms. The SMILES string of the molecule is CCOc1cc(C2C3=C(CC(C)(C)CC3=O)N(CCc3ccccc3)C3=C2C(=O)CC(C)(C)C3)cc(Cl)c1OCC(=O)Nc1cccc(C)c1. The van der Waals surface area contributed by atoms with Crippen molar-refractivity contribution in [1.29, 1.82) is 0 Å². The number of amides is 1. The topological polar surface area (TPSA) is 84.9 Å². The molecule has 6 rings (SSSR count). The van der Waals surface area contributed by atoms with Gasteiger partial charge in [0.15, 0.2) is 29.7 Å². The van der Waals surface area contributed by atoms with E-state index < -0.39 is 5.92 Å². The Morgan fingerprint density at radius 2 is 1.50 bits per heavy atom. The van der Waals surface area contributed by atoms with Gasteiger partial charge in [-0.15, -0.1) is 0 Å². The number of benzene rings is 3. The normalized spacial score (nSPS) is 18.5. The number of rotatable bonds is 10. The molecule has 3 aromatic rings. The summed E-state index contributed by atoms with van der Waals surface area (Å²) >= 11 is 6.96. The van der Waals surface area contributed by atoms with E-state index in [9.17, 15) is 14.4 Å². The second-order valence-electron chi connectivity index (χ2n) is 15.4. The predicted molar refractivity (Wildman–Crippen MR) is 198 cm³/mol. The fraction of sp³-hybridized carbons (Fsp3) is 0.405. The molecule has 0 bridgehead atoms. The van der Waals surface area contributed by atoms with Gasteiger partial charge in [0.2, 0.25) is 0 Å². The number of nitrogens with zero attached hydrogens (tertiary/aromatic N) is 1. The minimum Gasteiger partial charge on any atom is -0.490 e. The molecule has 0 saturated carbocycles. The molecule has 1 N–H and O–H groups in total. The van der Waals surface area contributed by atoms with Crippen molar-refractivity contribution in [2.75, 3.05) is 25.1 Å². The van der Waals surface area contributed by atoms with Gasteiger partial charge in [0.25, 0.3) is 5.91 Å². The first-order valence-corrected chi connectivity index (χ1v) is 17.9. The van der Waals surface area contributed by atoms with Crippen LogP contribution >= 0.6 is 11.6 Å². The van der Waals surface area contributed by atoms with Crippen LogP contribution in [-0.2, 0) is 20.8 Å². The Morgan fingerprint density at radius 3 is 2.10 bits per heavy atom. The summed E-state index contributed by atoms with van der Waals surface area (Å²) in [6.45, 7) is 13.1. The zero-order valence-corrected chi connectivity index (χ0v) is 30.7. The molecule has 7 nitrogen and oxygen atoms in total. The van der Waals surface area contributed by atoms with Crippen LogP contribution in [0, 0.1) is 17.8 Å². The van der Waals surface area contributed by atoms with E-state index in [-0.39, 0.29) is 45.7 Å². The second kappa shape index (κ2) is 14.1. The van der Waals surface area contributed by atoms with E-state index in [1.165, 1.54) is 5.56 Å². The van der Waals surface area contributed by atoms with Crippen LogP contribution in [0.4, 0.5) is 5.69 Å². The van der Waals surface area contributed by atoms with Crippen LogP contribution in [0.15, 0.2) is 89.3 Å². The molecule has 1 heterocycles. The Kier molecular flexibility index (Phi) is 10.0. The summed E-state index contributed by atoms with van der Waals surface area (Å²) in [5, 5.41) is 3.10. The standard InChI is InChI=1S/C42H47ClN2O5/c1-7-49-35-20-28(19-30(43)40(35)50-25-36(48)44-29-15-11-12-26(2)18-29)37-38-31(21-41(3,4)23-33(38)46)45(17-16-27-13-9-8-10-14-27)32-22-42(5,6)24-34(47)39(32)37/h8-15,18-20,37H,7,16-17,21-25H2,1-6H3,(H,44,48). The molecule has 0 fully saturated rings. The summed E-state index contributed by atoms with van der Waals surface area (Å²) in [6.07, 6.45) is 3.00. The van der Waals surface area contributed by atoms with Gasteiger partial charge in [-0.1, -0.05) is 81.8 Å². The van der Waals surface area contributed by atoms with Crippen molar-refractivity contribution in [2.45, 2.75) is 79.6 Å². The van der Waals surface area contributed by atoms with Crippen molar-refractivity contribution in [3.05, 3.63) is 111 Å². The van der Waals surface area contributed by atoms with Gasteiger partial charge < -0.3 is 19.7 Å². The number of carbonyl (C=O) groups excluding carboxylic acids is 3. The Balaban J connectivity index is 1.42. The van der Waals surface area contributed by atoms with E-state index in [0.29, 0.717) is 67.0 Å². The first-order chi connectivity index (χ1) is 23.7. The molecule has 0 unspecified atom stereocenters. The van der Waals surface area contributed by atoms with Crippen LogP contribution < -0.4 is 14.8 Å². The third-order valence-corrected chi connectivity index (χ3v) is 10.1. The van der Waals surface area contributed by atoms with E-state index >= 15 is 0 Å². The molecule has 8 heteroatoms. The highest BCUT2D eigenvalue weighted by molar-refractivity contribution is 6.32. The molecule has 0 saturated heterocycles. The van der Waals surface area contributed by atoms with Crippen LogP contribution in [0.1, 0.15) is 82.9 Å². The highest BCUT2D eigenvalue weighted by Gasteiger charge is 2.49. The number of anilines is 1. The van der Waals surface area contributed by atoms with E-state index in [2.05, 4.69) is 50.0 Å². The Morgan fingerprint density at radius 1 is 0.860 bits per heavy atom. The molecule has 3 aliphatic rings. The highest BCUT2D eigenvalue weighted by atomic mass is 35.5. The lowest BCUT2D eigenvalue weighted by Gasteiger charge is -2.49. The number of halogens is 1. The number of hydrogen-bond donors (Lipinski definition) is 1. The van der Waals surface area contributed by atoms with Crippen molar-refractivity contribution in [3.8, 4) is 11.5 Å². The Labute approximate surface area is 300 Å². The molecule has 1 amide bonds. The van der Waals surface area contributed by atoms with Crippen molar-refractivity contribution in [3.63, 3.8) is 0 Å². The predicted octanol–water partition coefficient (Wildman–Crippen LogP) is 8.99. The lowest BCUT2D eigenvalue weighted by atomic mass is 9.63. The number of ether oxygens (including phenoxy) is 2. The molecular weight excluding hydrogens is 648 g/mol. The van der Waals surface area contributed by atoms with Crippen molar-refractivity contribution < 1.29 is 23.9 Å². The molecule has 0 spiro atoms. The van der Waals surface area contributed by atoms with Gasteiger partial charge in [-0.2, -0.15) is 0 Å². The van der Waals surface area contributed by atoms with Gasteiger partial charge in [-0.05, 0) is 84.9 Å². The maximum Gasteiger partial charge on any atom is 0.262 e. The molecular formula is C42H47ClN2O5. The van der Waals surface area contributed by atoms with E-state index in [1.807, 2.05) is 62.4 Å². The average Bonchev–Trinajstić information content (AvgIpc) is 3.02. The van der Waals surface area contributed by atoms with Crippen molar-refractivity contribution >= 4 is 34.8 Å². The number of carbonyl (C=O) groups is 3. The zero-order valence-electron chi connectivity index (χ0n) is 30.0. The Hall–Kier alpha value is -4.36. The fourth-order valence-electron chi connectivity index (χ4n) is 7.75. The summed E-state index contributed by atoms with van der Waals surface area (Å²) in [4.78, 5) is 43.8. The minimum atomic E-state index is -0.587. The molecule has 262 valence electrons. The number of nitrogens with one attached hydrogen (secondary N) is 1. The van der Waals surface area contributed by atoms with Crippen LogP contribution in [0.25, 0.3) is 0 Å². The highest BCUT2D eigenvalue weighted by Crippen LogP contribution is 2.55. The smallest absolute Gasteiger partial charge is 0.262 e. The van der Waals surface area contributed by atoms with E-state index in [4.69, 9.17) is 21.1 Å². The van der Waals surface area contributed by atoms with Gasteiger partial charge in [0, 0.05) is 53.5 Å². The van der Waals surface area contributed by atoms with Gasteiger partial charge >= 0.3 is 0 Å². The molecule has 0 aromatic heterocycles. The third kappa shape index (κ3) is 7.53. The summed E-state index contributed by atoms with van der Waals surface area (Å²) in [7, 11) is 0. The zero-order chi connectivity index (χ0) is 35.8. The summed E-state index contributed by atoms with van der Waals surface area (Å²) in [6, 6.07) is 21.5. The molecule has 3 aromatic carbocycles. The van der Waals surface area contributed by atoms with Gasteiger partial charge in [-0.3, -0.25) is 14.4 Å². The minimum absolute atomic E-state index is 0.0531. The average molecular weight is 695 g/mol. The van der Waals surface area contributed by atoms with Gasteiger partial charge in [-0.25, -0.2) is 0 Å². The maximum absolute atomic E-state index is 14.3. The summed E-state index contributed by atoms with van der Waals surface area (Å²) in [5.74, 6) is -0.212. The van der Waals surface area contributed by atoms with Gasteiger partial charge in [0.05, 0.1) is 11.6 Å². The van der Waals surface area contributed by atoms with Crippen molar-refractivity contribution in [1.82, 2.24) is 4.90 Å². The lowest BCUT2D eigenvalue weighted by molar-refractivity contribution is -0.120. The monoisotopic (exact) mass is 694 g/mol. The van der Waals surface area contributed by atoms with Gasteiger partial charge in [0.1, 0.15) is 0 Å². The second-order valence-corrected chi connectivity index (χ2v) is 15.8. The quantitative estimate of drug-likeness (QED) is 0.228. The third-order valence-electron chi connectivity index (χ3n) is 9.80. The van der Waals surface area contributed by atoms with Crippen LogP contribution in [-0.4, -0.2) is 42.1 Å². The number of Topliss-reactive ketones (excluding diaryl/α,β-unsaturated/α-hetero) is 2. The first kappa shape index (κ1) is 35.5. The largest absolute Gasteiger partial charge is 0.490 e. The number of allylic oxidation sites excluding steroid dienone is 4. The summed E-state index contributed by atoms with van der Waals surface area (Å²) in [5.41, 5.74) is 6.50. The van der Waals surface area contributed by atoms with Crippen LogP contribution in [0.2, 0.25) is 5.02 Å². The molecule has 0 radical (unpaired) electrons. The summed E-state index contributed by atoms with van der Waals surface area (Å²) < 4.78 is 12.1. The maximum atomic E-state index is 14.3. The lowest BCUT2D eigenvalue weighted by Crippen LogP contribution is -2.45. The molecule has 2 aliphatic carbocycles. The fourth-order valence-corrected chi connectivity index (χ4v) is 8.03. The Bertz CT molecular complexity index is 1840. The van der Waals surface area contributed by atoms with E-state index in [0.717, 1.165) is 23.4 Å². The first-order valence-electron chi connectivity index (χ1n) is 17.5. The van der Waals surface area contributed by atoms with E-state index in [1.54, 1.807) is 6.07 Å². The number of ketones is 2. The van der Waals surface area contributed by atoms with Crippen LogP contribution in [0.5, 0.6) is 11.5 Å².